The summed E-state index contributed by atoms with van der Waals surface area (Å²) in [6.45, 7) is 3.49. The van der Waals surface area contributed by atoms with Gasteiger partial charge in [-0.1, -0.05) is 25.7 Å². The van der Waals surface area contributed by atoms with Crippen LogP contribution in [0.15, 0.2) is 18.2 Å². The molecule has 0 spiro atoms. The second-order valence-corrected chi connectivity index (χ2v) is 7.02. The predicted molar refractivity (Wildman–Crippen MR) is 80.4 cm³/mol. The van der Waals surface area contributed by atoms with E-state index < -0.39 is 15.8 Å². The third-order valence-electron chi connectivity index (χ3n) is 2.80. The molecule has 0 heterocycles. The van der Waals surface area contributed by atoms with Crippen LogP contribution in [0.4, 0.5) is 4.39 Å². The summed E-state index contributed by atoms with van der Waals surface area (Å²) in [7, 11) is -3.41. The lowest BCUT2D eigenvalue weighted by molar-refractivity contribution is 0.350. The minimum atomic E-state index is -3.41. The number of rotatable bonds is 6. The Labute approximate surface area is 125 Å². The minimum Gasteiger partial charge on any atom is -0.384 e. The molecule has 6 heteroatoms. The molecule has 0 bridgehead atoms. The average Bonchev–Trinajstić information content (AvgIpc) is 2.43. The third kappa shape index (κ3) is 6.71. The van der Waals surface area contributed by atoms with Gasteiger partial charge < -0.3 is 5.11 Å². The second-order valence-electron chi connectivity index (χ2n) is 5.09. The van der Waals surface area contributed by atoms with E-state index in [0.717, 1.165) is 0 Å². The van der Waals surface area contributed by atoms with Gasteiger partial charge in [0.1, 0.15) is 12.4 Å². The molecule has 1 rings (SSSR count). The Kier molecular flexibility index (Phi) is 6.82. The standard InChI is InChI=1S/C15H20FNO3S/c1-12(2)7-9-21(19,20)17-11-14-10-13(4-3-8-18)5-6-15(14)16/h5-6,10,12,17-18H,7-9,11H2,1-2H3. The first-order valence-electron chi connectivity index (χ1n) is 6.69. The van der Waals surface area contributed by atoms with Crippen molar-refractivity contribution in [2.45, 2.75) is 26.8 Å². The zero-order valence-electron chi connectivity index (χ0n) is 12.2. The number of aliphatic hydroxyl groups excluding tert-OH is 1. The van der Waals surface area contributed by atoms with Crippen LogP contribution in [0.25, 0.3) is 0 Å². The highest BCUT2D eigenvalue weighted by molar-refractivity contribution is 7.89. The van der Waals surface area contributed by atoms with E-state index in [9.17, 15) is 12.8 Å². The number of halogens is 1. The summed E-state index contributed by atoms with van der Waals surface area (Å²) in [6.07, 6.45) is 0.555. The molecule has 4 nitrogen and oxygen atoms in total. The van der Waals surface area contributed by atoms with Gasteiger partial charge in [0.05, 0.1) is 5.75 Å². The van der Waals surface area contributed by atoms with E-state index in [0.29, 0.717) is 12.0 Å². The summed E-state index contributed by atoms with van der Waals surface area (Å²) in [5.41, 5.74) is 0.759. The first-order chi connectivity index (χ1) is 9.84. The molecule has 0 amide bonds. The topological polar surface area (TPSA) is 66.4 Å². The normalized spacial score (nSPS) is 11.3. The first kappa shape index (κ1) is 17.6. The van der Waals surface area contributed by atoms with E-state index in [4.69, 9.17) is 5.11 Å². The zero-order valence-corrected chi connectivity index (χ0v) is 13.0. The predicted octanol–water partition coefficient (Wildman–Crippen LogP) is 1.64. The molecule has 1 aromatic rings. The van der Waals surface area contributed by atoms with Gasteiger partial charge in [-0.05, 0) is 30.5 Å². The molecule has 2 N–H and O–H groups in total. The maximum Gasteiger partial charge on any atom is 0.211 e. The summed E-state index contributed by atoms with van der Waals surface area (Å²) in [6, 6.07) is 4.19. The Morgan fingerprint density at radius 3 is 2.71 bits per heavy atom. The van der Waals surface area contributed by atoms with Crippen LogP contribution < -0.4 is 4.72 Å². The van der Waals surface area contributed by atoms with Crippen LogP contribution in [0.3, 0.4) is 0 Å². The lowest BCUT2D eigenvalue weighted by atomic mass is 10.1. The number of sulfonamides is 1. The molecule has 0 aliphatic heterocycles. The smallest absolute Gasteiger partial charge is 0.211 e. The fraction of sp³-hybridized carbons (Fsp3) is 0.467. The molecule has 0 radical (unpaired) electrons. The van der Waals surface area contributed by atoms with Gasteiger partial charge in [0.2, 0.25) is 10.0 Å². The van der Waals surface area contributed by atoms with Crippen molar-refractivity contribution in [2.24, 2.45) is 5.92 Å². The second kappa shape index (κ2) is 8.13. The van der Waals surface area contributed by atoms with Crippen LogP contribution >= 0.6 is 0 Å². The lowest BCUT2D eigenvalue weighted by Gasteiger charge is -2.09. The van der Waals surface area contributed by atoms with Crippen molar-refractivity contribution in [1.82, 2.24) is 4.72 Å². The van der Waals surface area contributed by atoms with Gasteiger partial charge >= 0.3 is 0 Å². The molecule has 0 atom stereocenters. The Bertz CT molecular complexity index is 630. The number of nitrogens with one attached hydrogen (secondary N) is 1. The van der Waals surface area contributed by atoms with Gasteiger partial charge in [0, 0.05) is 17.7 Å². The molecule has 1 aromatic carbocycles. The molecule has 116 valence electrons. The van der Waals surface area contributed by atoms with E-state index in [1.165, 1.54) is 18.2 Å². The monoisotopic (exact) mass is 313 g/mol. The summed E-state index contributed by atoms with van der Waals surface area (Å²) in [4.78, 5) is 0. The van der Waals surface area contributed by atoms with Gasteiger partial charge in [0.15, 0.2) is 0 Å². The van der Waals surface area contributed by atoms with Gasteiger partial charge in [-0.2, -0.15) is 0 Å². The zero-order chi connectivity index (χ0) is 15.9. The largest absolute Gasteiger partial charge is 0.384 e. The van der Waals surface area contributed by atoms with E-state index in [1.54, 1.807) is 0 Å². The Morgan fingerprint density at radius 1 is 1.38 bits per heavy atom. The van der Waals surface area contributed by atoms with Crippen molar-refractivity contribution in [1.29, 1.82) is 0 Å². The summed E-state index contributed by atoms with van der Waals surface area (Å²) in [5, 5.41) is 8.63. The molecule has 0 unspecified atom stereocenters. The molecule has 0 saturated carbocycles. The maximum atomic E-state index is 13.6. The van der Waals surface area contributed by atoms with Gasteiger partial charge in [-0.3, -0.25) is 0 Å². The Balaban J connectivity index is 2.74. The summed E-state index contributed by atoms with van der Waals surface area (Å²) < 4.78 is 39.6. The fourth-order valence-corrected chi connectivity index (χ4v) is 2.88. The van der Waals surface area contributed by atoms with Gasteiger partial charge in [-0.25, -0.2) is 17.5 Å². The Morgan fingerprint density at radius 2 is 2.10 bits per heavy atom. The quantitative estimate of drug-likeness (QED) is 0.785. The van der Waals surface area contributed by atoms with Crippen molar-refractivity contribution < 1.29 is 17.9 Å². The van der Waals surface area contributed by atoms with Crippen LogP contribution in [0.5, 0.6) is 0 Å². The lowest BCUT2D eigenvalue weighted by Crippen LogP contribution is -2.27. The SMILES string of the molecule is CC(C)CCS(=O)(=O)NCc1cc(C#CCO)ccc1F. The van der Waals surface area contributed by atoms with E-state index in [2.05, 4.69) is 16.6 Å². The van der Waals surface area contributed by atoms with Crippen LogP contribution in [-0.4, -0.2) is 25.9 Å². The van der Waals surface area contributed by atoms with Crippen molar-refractivity contribution in [3.05, 3.63) is 35.1 Å². The average molecular weight is 313 g/mol. The summed E-state index contributed by atoms with van der Waals surface area (Å²) >= 11 is 0. The minimum absolute atomic E-state index is 0.0241. The van der Waals surface area contributed by atoms with Crippen LogP contribution in [0.1, 0.15) is 31.4 Å². The molecule has 0 aromatic heterocycles. The van der Waals surface area contributed by atoms with Crippen molar-refractivity contribution in [2.75, 3.05) is 12.4 Å². The molecular formula is C15H20FNO3S. The molecule has 0 saturated heterocycles. The molecule has 0 aliphatic rings. The van der Waals surface area contributed by atoms with Crippen molar-refractivity contribution >= 4 is 10.0 Å². The number of benzene rings is 1. The van der Waals surface area contributed by atoms with E-state index >= 15 is 0 Å². The van der Waals surface area contributed by atoms with E-state index in [1.807, 2.05) is 13.8 Å². The van der Waals surface area contributed by atoms with Crippen LogP contribution in [0, 0.1) is 23.6 Å². The van der Waals surface area contributed by atoms with Crippen LogP contribution in [-0.2, 0) is 16.6 Å². The molecule has 21 heavy (non-hydrogen) atoms. The fourth-order valence-electron chi connectivity index (χ4n) is 1.58. The molecule has 0 aliphatic carbocycles. The molecular weight excluding hydrogens is 293 g/mol. The molecule has 0 fully saturated rings. The highest BCUT2D eigenvalue weighted by Crippen LogP contribution is 2.11. The third-order valence-corrected chi connectivity index (χ3v) is 4.16. The van der Waals surface area contributed by atoms with Gasteiger partial charge in [0.25, 0.3) is 0 Å². The van der Waals surface area contributed by atoms with Crippen molar-refractivity contribution in [3.8, 4) is 11.8 Å². The van der Waals surface area contributed by atoms with Crippen LogP contribution in [0.2, 0.25) is 0 Å². The van der Waals surface area contributed by atoms with E-state index in [-0.39, 0.29) is 30.4 Å². The van der Waals surface area contributed by atoms with Crippen molar-refractivity contribution in [3.63, 3.8) is 0 Å². The number of hydrogen-bond donors (Lipinski definition) is 2. The Hall–Kier alpha value is -1.42. The highest BCUT2D eigenvalue weighted by Gasteiger charge is 2.12. The first-order valence-corrected chi connectivity index (χ1v) is 8.35. The maximum absolute atomic E-state index is 13.6. The van der Waals surface area contributed by atoms with Gasteiger partial charge in [-0.15, -0.1) is 0 Å². The summed E-state index contributed by atoms with van der Waals surface area (Å²) in [5.74, 6) is 4.94. The highest BCUT2D eigenvalue weighted by atomic mass is 32.2. The number of hydrogen-bond acceptors (Lipinski definition) is 3. The number of aliphatic hydroxyl groups is 1.